The Kier molecular flexibility index (Phi) is 6.56. The van der Waals surface area contributed by atoms with Gasteiger partial charge in [-0.2, -0.15) is 5.26 Å². The van der Waals surface area contributed by atoms with Crippen LogP contribution in [0.5, 0.6) is 0 Å². The smallest absolute Gasteiger partial charge is 0.256 e. The van der Waals surface area contributed by atoms with Crippen molar-refractivity contribution in [2.24, 2.45) is 0 Å². The summed E-state index contributed by atoms with van der Waals surface area (Å²) in [5.41, 5.74) is 1.64. The van der Waals surface area contributed by atoms with E-state index in [4.69, 9.17) is 22.2 Å². The Labute approximate surface area is 172 Å². The van der Waals surface area contributed by atoms with Crippen LogP contribution in [0.1, 0.15) is 12.1 Å². The Morgan fingerprint density at radius 2 is 2.14 bits per heavy atom. The average Bonchev–Trinajstić information content (AvgIpc) is 3.21. The van der Waals surface area contributed by atoms with Gasteiger partial charge in [0.05, 0.1) is 37.3 Å². The first-order valence-electron chi connectivity index (χ1n) is 8.94. The fraction of sp³-hybridized carbons (Fsp3) is 0.389. The highest BCUT2D eigenvalue weighted by molar-refractivity contribution is 7.80. The first-order valence-corrected chi connectivity index (χ1v) is 9.35. The lowest BCUT2D eigenvalue weighted by atomic mass is 10.2. The summed E-state index contributed by atoms with van der Waals surface area (Å²) in [6.45, 7) is 2.29. The van der Waals surface area contributed by atoms with Gasteiger partial charge in [-0.25, -0.2) is 9.07 Å². The number of rotatable bonds is 5. The van der Waals surface area contributed by atoms with Crippen molar-refractivity contribution >= 4 is 29.0 Å². The molecule has 1 N–H and O–H groups in total. The Balaban J connectivity index is 1.64. The Hall–Kier alpha value is -3.26. The minimum absolute atomic E-state index is 0.129. The van der Waals surface area contributed by atoms with Crippen molar-refractivity contribution in [1.29, 1.82) is 5.26 Å². The van der Waals surface area contributed by atoms with Gasteiger partial charge in [-0.3, -0.25) is 4.79 Å². The molecule has 3 rings (SSSR count). The average molecular weight is 417 g/mol. The Morgan fingerprint density at radius 3 is 2.79 bits per heavy atom. The second kappa shape index (κ2) is 9.29. The van der Waals surface area contributed by atoms with E-state index in [0.29, 0.717) is 49.8 Å². The zero-order valence-electron chi connectivity index (χ0n) is 15.8. The fourth-order valence-corrected chi connectivity index (χ4v) is 3.08. The number of nitrogens with one attached hydrogen (secondary N) is 1. The highest BCUT2D eigenvalue weighted by Gasteiger charge is 2.22. The predicted molar refractivity (Wildman–Crippen MR) is 107 cm³/mol. The molecule has 1 saturated heterocycles. The van der Waals surface area contributed by atoms with Gasteiger partial charge in [0, 0.05) is 32.2 Å². The van der Waals surface area contributed by atoms with Crippen LogP contribution in [0.2, 0.25) is 0 Å². The van der Waals surface area contributed by atoms with Crippen LogP contribution in [0.15, 0.2) is 24.4 Å². The van der Waals surface area contributed by atoms with Crippen molar-refractivity contribution in [1.82, 2.24) is 25.2 Å². The highest BCUT2D eigenvalue weighted by atomic mass is 32.1. The Morgan fingerprint density at radius 1 is 1.38 bits per heavy atom. The van der Waals surface area contributed by atoms with Gasteiger partial charge in [0.25, 0.3) is 5.17 Å². The molecule has 1 aliphatic rings. The van der Waals surface area contributed by atoms with Gasteiger partial charge >= 0.3 is 0 Å². The number of nitriles is 1. The zero-order valence-corrected chi connectivity index (χ0v) is 16.7. The van der Waals surface area contributed by atoms with E-state index >= 15 is 0 Å². The maximum Gasteiger partial charge on any atom is 0.256 e. The molecule has 1 fully saturated rings. The first-order chi connectivity index (χ1) is 14.0. The molecule has 11 heteroatoms. The van der Waals surface area contributed by atoms with E-state index in [9.17, 15) is 9.18 Å². The van der Waals surface area contributed by atoms with Crippen molar-refractivity contribution < 1.29 is 13.9 Å². The quantitative estimate of drug-likeness (QED) is 0.719. The molecule has 1 amide bonds. The number of piperazine rings is 1. The standard InChI is InChI=1S/C18H20FN7O2S/c1-28-18(29)21-11-13-12-26(23-22-13)14-2-3-16(15(19)10-14)24-6-8-25(9-7-24)17(27)4-5-20/h2-3,10,12H,4,6-9,11H2,1H3,(H,21,29). The number of methoxy groups -OCH3 is 1. The topological polar surface area (TPSA) is 99.3 Å². The third-order valence-corrected chi connectivity index (χ3v) is 4.85. The molecular formula is C18H20FN7O2S. The van der Waals surface area contributed by atoms with E-state index in [0.717, 1.165) is 0 Å². The van der Waals surface area contributed by atoms with Gasteiger partial charge in [-0.15, -0.1) is 5.10 Å². The first kappa shape index (κ1) is 20.5. The molecule has 1 aliphatic heterocycles. The third kappa shape index (κ3) is 4.97. The number of benzene rings is 1. The third-order valence-electron chi connectivity index (χ3n) is 4.54. The summed E-state index contributed by atoms with van der Waals surface area (Å²) in [6, 6.07) is 6.71. The number of carbonyl (C=O) groups is 1. The zero-order chi connectivity index (χ0) is 20.8. The number of carbonyl (C=O) groups excluding carboxylic acids is 1. The van der Waals surface area contributed by atoms with Crippen molar-refractivity contribution in [2.75, 3.05) is 38.2 Å². The largest absolute Gasteiger partial charge is 0.474 e. The molecule has 0 atom stereocenters. The summed E-state index contributed by atoms with van der Waals surface area (Å²) in [5, 5.41) is 19.8. The Bertz CT molecular complexity index is 935. The number of amides is 1. The minimum atomic E-state index is -0.380. The molecule has 2 aromatic rings. The fourth-order valence-electron chi connectivity index (χ4n) is 3.01. The van der Waals surface area contributed by atoms with Gasteiger partial charge < -0.3 is 19.9 Å². The maximum absolute atomic E-state index is 14.7. The van der Waals surface area contributed by atoms with Crippen LogP contribution < -0.4 is 10.2 Å². The van der Waals surface area contributed by atoms with E-state index in [1.165, 1.54) is 17.9 Å². The second-order valence-electron chi connectivity index (χ2n) is 6.34. The normalized spacial score (nSPS) is 13.7. The molecule has 1 aromatic heterocycles. The summed E-state index contributed by atoms with van der Waals surface area (Å²) in [7, 11) is 1.47. The van der Waals surface area contributed by atoms with Gasteiger partial charge in [0.1, 0.15) is 17.9 Å². The molecule has 0 bridgehead atoms. The number of halogens is 1. The monoisotopic (exact) mass is 417 g/mol. The van der Waals surface area contributed by atoms with Crippen LogP contribution in [0.3, 0.4) is 0 Å². The van der Waals surface area contributed by atoms with E-state index < -0.39 is 0 Å². The van der Waals surface area contributed by atoms with E-state index in [2.05, 4.69) is 15.6 Å². The second-order valence-corrected chi connectivity index (χ2v) is 6.71. The van der Waals surface area contributed by atoms with E-state index in [1.807, 2.05) is 11.0 Å². The number of hydrogen-bond donors (Lipinski definition) is 1. The van der Waals surface area contributed by atoms with Crippen molar-refractivity contribution in [3.8, 4) is 11.8 Å². The molecule has 0 unspecified atom stereocenters. The summed E-state index contributed by atoms with van der Waals surface area (Å²) >= 11 is 4.90. The van der Waals surface area contributed by atoms with Crippen LogP contribution in [0.25, 0.3) is 5.69 Å². The lowest BCUT2D eigenvalue weighted by Gasteiger charge is -2.36. The molecule has 29 heavy (non-hydrogen) atoms. The highest BCUT2D eigenvalue weighted by Crippen LogP contribution is 2.23. The number of ether oxygens (including phenoxy) is 1. The maximum atomic E-state index is 14.7. The lowest BCUT2D eigenvalue weighted by molar-refractivity contribution is -0.130. The molecular weight excluding hydrogens is 397 g/mol. The predicted octanol–water partition coefficient (Wildman–Crippen LogP) is 0.990. The van der Waals surface area contributed by atoms with Gasteiger partial charge in [-0.1, -0.05) is 5.21 Å². The molecule has 0 radical (unpaired) electrons. The SMILES string of the molecule is COC(=S)NCc1cn(-c2ccc(N3CCN(C(=O)CC#N)CC3)c(F)c2)nn1. The minimum Gasteiger partial charge on any atom is -0.474 e. The number of nitrogens with zero attached hydrogens (tertiary/aromatic N) is 6. The molecule has 1 aromatic carbocycles. The van der Waals surface area contributed by atoms with Crippen LogP contribution in [0.4, 0.5) is 10.1 Å². The van der Waals surface area contributed by atoms with Gasteiger partial charge in [0.2, 0.25) is 5.91 Å². The van der Waals surface area contributed by atoms with Gasteiger partial charge in [-0.05, 0) is 24.4 Å². The van der Waals surface area contributed by atoms with Crippen LogP contribution in [-0.4, -0.2) is 64.3 Å². The van der Waals surface area contributed by atoms with Crippen LogP contribution in [0, 0.1) is 17.1 Å². The molecule has 152 valence electrons. The summed E-state index contributed by atoms with van der Waals surface area (Å²) in [5.74, 6) is -0.569. The van der Waals surface area contributed by atoms with Crippen LogP contribution in [-0.2, 0) is 16.1 Å². The van der Waals surface area contributed by atoms with E-state index in [-0.39, 0.29) is 23.3 Å². The summed E-state index contributed by atoms with van der Waals surface area (Å²) < 4.78 is 21.1. The van der Waals surface area contributed by atoms with Crippen molar-refractivity contribution in [3.63, 3.8) is 0 Å². The van der Waals surface area contributed by atoms with Crippen molar-refractivity contribution in [2.45, 2.75) is 13.0 Å². The number of hydrogen-bond acceptors (Lipinski definition) is 7. The molecule has 0 saturated carbocycles. The summed E-state index contributed by atoms with van der Waals surface area (Å²) in [4.78, 5) is 15.3. The number of anilines is 1. The molecule has 9 nitrogen and oxygen atoms in total. The molecule has 0 spiro atoms. The number of aromatic nitrogens is 3. The van der Waals surface area contributed by atoms with Gasteiger partial charge in [0.15, 0.2) is 0 Å². The molecule has 0 aliphatic carbocycles. The van der Waals surface area contributed by atoms with E-state index in [1.54, 1.807) is 23.2 Å². The van der Waals surface area contributed by atoms with Crippen molar-refractivity contribution in [3.05, 3.63) is 35.9 Å². The number of thiocarbonyl (C=S) groups is 1. The summed E-state index contributed by atoms with van der Waals surface area (Å²) in [6.07, 6.45) is 1.55. The van der Waals surface area contributed by atoms with Crippen LogP contribution >= 0.6 is 12.2 Å². The molecule has 2 heterocycles. The lowest BCUT2D eigenvalue weighted by Crippen LogP contribution is -2.48.